The second-order valence-corrected chi connectivity index (χ2v) is 21.1. The zero-order valence-corrected chi connectivity index (χ0v) is 41.8. The summed E-state index contributed by atoms with van der Waals surface area (Å²) in [6.45, 7) is 20.6. The minimum Gasteiger partial charge on any atom is -0.507 e. The number of carbonyl (C=O) groups excluding carboxylic acids is 3. The maximum Gasteiger partial charge on any atom is 0.410 e. The largest absolute Gasteiger partial charge is 0.507 e. The fraction of sp³-hybridized carbons (Fsp3) is 0.545. The van der Waals surface area contributed by atoms with Gasteiger partial charge in [-0.3, -0.25) is 19.6 Å². The first-order valence-electron chi connectivity index (χ1n) is 25.0. The molecule has 4 unspecified atom stereocenters. The van der Waals surface area contributed by atoms with Crippen LogP contribution in [-0.2, 0) is 14.3 Å². The Bertz CT molecular complexity index is 2680. The first-order chi connectivity index (χ1) is 32.8. The number of nitrogens with zero attached hydrogens (tertiary/aromatic N) is 4. The molecule has 6 aliphatic heterocycles. The lowest BCUT2D eigenvalue weighted by atomic mass is 9.80. The van der Waals surface area contributed by atoms with Crippen LogP contribution in [0.5, 0.6) is 17.2 Å². The number of rotatable bonds is 4. The SMILES string of the molecule is C/C1=C/C=C/C(C)C[C@@H](C)C(O)[C@@H](C)C(OC(=O)N2CCC(c3ccccc3)CC2)[C@H](C)C/C=C/OC2(C)Oc3c(C)c(O)c4c(O)c(c5c(c4c3C2=O)=NC2(CCN(CC(C)C)CC2)N=5)NC1=O. The summed E-state index contributed by atoms with van der Waals surface area (Å²) in [5, 5.41) is 39.5. The van der Waals surface area contributed by atoms with Crippen LogP contribution in [0.15, 0.2) is 76.5 Å². The molecule has 69 heavy (non-hydrogen) atoms. The highest BCUT2D eigenvalue weighted by molar-refractivity contribution is 6.19. The van der Waals surface area contributed by atoms with Crippen LogP contribution >= 0.6 is 0 Å². The highest BCUT2D eigenvalue weighted by Crippen LogP contribution is 2.50. The lowest BCUT2D eigenvalue weighted by molar-refractivity contribution is -0.112. The first kappa shape index (κ1) is 49.7. The van der Waals surface area contributed by atoms with Gasteiger partial charge in [0.25, 0.3) is 11.7 Å². The number of piperidine rings is 2. The van der Waals surface area contributed by atoms with Crippen LogP contribution in [0.1, 0.15) is 121 Å². The van der Waals surface area contributed by atoms with Crippen molar-refractivity contribution in [2.75, 3.05) is 38.0 Å². The molecule has 14 nitrogen and oxygen atoms in total. The number of aromatic hydroxyl groups is 2. The summed E-state index contributed by atoms with van der Waals surface area (Å²) in [6, 6.07) is 10.4. The number of benzene rings is 3. The third kappa shape index (κ3) is 9.88. The van der Waals surface area contributed by atoms with Crippen molar-refractivity contribution < 1.29 is 43.9 Å². The van der Waals surface area contributed by atoms with Gasteiger partial charge in [0, 0.05) is 74.9 Å². The maximum atomic E-state index is 14.8. The van der Waals surface area contributed by atoms with E-state index < -0.39 is 53.1 Å². The molecule has 6 heterocycles. The molecule has 0 saturated carbocycles. The number of fused-ring (bicyclic) bond motifs is 13. The van der Waals surface area contributed by atoms with E-state index in [0.717, 1.165) is 32.5 Å². The Morgan fingerprint density at radius 3 is 2.30 bits per heavy atom. The Morgan fingerprint density at radius 2 is 1.62 bits per heavy atom. The van der Waals surface area contributed by atoms with Gasteiger partial charge in [0.1, 0.15) is 28.6 Å². The molecule has 370 valence electrons. The van der Waals surface area contributed by atoms with Crippen molar-refractivity contribution in [2.24, 2.45) is 39.6 Å². The summed E-state index contributed by atoms with van der Waals surface area (Å²) in [4.78, 5) is 57.4. The molecule has 6 aliphatic rings. The van der Waals surface area contributed by atoms with Crippen molar-refractivity contribution in [2.45, 2.75) is 130 Å². The number of phenols is 2. The number of allylic oxidation sites excluding steroid dienone is 4. The lowest BCUT2D eigenvalue weighted by Gasteiger charge is -2.37. The average Bonchev–Trinajstić information content (AvgIpc) is 3.83. The van der Waals surface area contributed by atoms with Crippen molar-refractivity contribution in [1.82, 2.24) is 9.80 Å². The average molecular weight is 946 g/mol. The number of ether oxygens (including phenoxy) is 3. The molecule has 5 bridgehead atoms. The first-order valence-corrected chi connectivity index (χ1v) is 25.0. The maximum absolute atomic E-state index is 14.8. The number of nitrogens with one attached hydrogen (secondary N) is 1. The van der Waals surface area contributed by atoms with E-state index in [4.69, 9.17) is 24.2 Å². The van der Waals surface area contributed by atoms with E-state index >= 15 is 0 Å². The van der Waals surface area contributed by atoms with E-state index in [0.29, 0.717) is 56.2 Å². The van der Waals surface area contributed by atoms with Crippen LogP contribution in [0.25, 0.3) is 10.8 Å². The van der Waals surface area contributed by atoms with Crippen LogP contribution in [-0.4, -0.2) is 99.3 Å². The van der Waals surface area contributed by atoms with Crippen molar-refractivity contribution in [3.8, 4) is 17.2 Å². The Morgan fingerprint density at radius 1 is 0.942 bits per heavy atom. The minimum atomic E-state index is -1.88. The molecule has 7 atom stereocenters. The predicted octanol–water partition coefficient (Wildman–Crippen LogP) is 8.61. The Balaban J connectivity index is 1.15. The molecular weight excluding hydrogens is 875 g/mol. The second-order valence-electron chi connectivity index (χ2n) is 21.1. The summed E-state index contributed by atoms with van der Waals surface area (Å²) in [5.74, 6) is -3.66. The Labute approximate surface area is 405 Å². The molecule has 1 spiro atoms. The quantitative estimate of drug-likeness (QED) is 0.185. The third-order valence-electron chi connectivity index (χ3n) is 15.2. The number of likely N-dealkylation sites (tertiary alicyclic amines) is 2. The molecule has 3 aromatic carbocycles. The molecule has 2 amide bonds. The molecule has 3 aromatic rings. The number of anilines is 1. The summed E-state index contributed by atoms with van der Waals surface area (Å²) in [7, 11) is 0. The van der Waals surface area contributed by atoms with Crippen LogP contribution < -0.4 is 20.8 Å². The number of amides is 2. The van der Waals surface area contributed by atoms with Crippen LogP contribution in [0.3, 0.4) is 0 Å². The third-order valence-corrected chi connectivity index (χ3v) is 15.2. The molecule has 14 heteroatoms. The number of hydrogen-bond acceptors (Lipinski definition) is 12. The van der Waals surface area contributed by atoms with E-state index in [-0.39, 0.29) is 67.6 Å². The van der Waals surface area contributed by atoms with Gasteiger partial charge in [0.05, 0.1) is 28.7 Å². The monoisotopic (exact) mass is 946 g/mol. The van der Waals surface area contributed by atoms with E-state index in [2.05, 4.69) is 43.1 Å². The van der Waals surface area contributed by atoms with Gasteiger partial charge >= 0.3 is 11.9 Å². The normalized spacial score (nSPS) is 29.7. The molecule has 2 saturated heterocycles. The Hall–Kier alpha value is -5.73. The molecule has 0 radical (unpaired) electrons. The molecule has 0 aromatic heterocycles. The number of aliphatic hydroxyl groups excluding tert-OH is 1. The number of ketones is 1. The van der Waals surface area contributed by atoms with E-state index in [9.17, 15) is 29.7 Å². The van der Waals surface area contributed by atoms with Gasteiger partial charge in [-0.2, -0.15) is 0 Å². The molecule has 4 N–H and O–H groups in total. The number of Topliss-reactive ketones (excluding diaryl/α,β-unsaturated/α-hetero) is 1. The van der Waals surface area contributed by atoms with Crippen LogP contribution in [0, 0.1) is 36.5 Å². The number of aliphatic hydroxyl groups is 1. The molecular formula is C55H71N5O9. The van der Waals surface area contributed by atoms with Gasteiger partial charge in [-0.25, -0.2) is 4.79 Å². The van der Waals surface area contributed by atoms with Gasteiger partial charge in [-0.05, 0) is 80.8 Å². The predicted molar refractivity (Wildman–Crippen MR) is 265 cm³/mol. The zero-order valence-electron chi connectivity index (χ0n) is 41.8. The topological polar surface area (TPSA) is 183 Å². The number of carbonyl (C=O) groups is 3. The highest BCUT2D eigenvalue weighted by Gasteiger charge is 2.50. The molecule has 9 rings (SSSR count). The van der Waals surface area contributed by atoms with Gasteiger partial charge in [0.2, 0.25) is 0 Å². The Kier molecular flexibility index (Phi) is 14.4. The van der Waals surface area contributed by atoms with Gasteiger partial charge in [0.15, 0.2) is 11.4 Å². The van der Waals surface area contributed by atoms with Crippen molar-refractivity contribution in [3.63, 3.8) is 0 Å². The van der Waals surface area contributed by atoms with Crippen molar-refractivity contribution in [1.29, 1.82) is 0 Å². The fourth-order valence-electron chi connectivity index (χ4n) is 11.1. The summed E-state index contributed by atoms with van der Waals surface area (Å²) in [6.07, 6.45) is 10.5. The van der Waals surface area contributed by atoms with Gasteiger partial charge < -0.3 is 44.6 Å². The fourth-order valence-corrected chi connectivity index (χ4v) is 11.1. The van der Waals surface area contributed by atoms with Gasteiger partial charge in [-0.15, -0.1) is 0 Å². The minimum absolute atomic E-state index is 0.00193. The molecule has 0 aliphatic carbocycles. The second kappa shape index (κ2) is 19.9. The summed E-state index contributed by atoms with van der Waals surface area (Å²) >= 11 is 0. The van der Waals surface area contributed by atoms with Gasteiger partial charge in [-0.1, -0.05) is 90.1 Å². The number of phenolic OH excluding ortho intramolecular Hbond substituents is 2. The molecule has 2 fully saturated rings. The smallest absolute Gasteiger partial charge is 0.410 e. The van der Waals surface area contributed by atoms with E-state index in [1.807, 2.05) is 51.1 Å². The zero-order chi connectivity index (χ0) is 49.5. The highest BCUT2D eigenvalue weighted by atomic mass is 16.7. The van der Waals surface area contributed by atoms with Crippen molar-refractivity contribution in [3.05, 3.63) is 93.9 Å². The van der Waals surface area contributed by atoms with Crippen LogP contribution in [0.2, 0.25) is 0 Å². The van der Waals surface area contributed by atoms with Crippen molar-refractivity contribution >= 4 is 34.2 Å². The number of hydrogen-bond donors (Lipinski definition) is 4. The standard InChI is InChI=1S/C55H71N5O9/c1-31(2)30-59-26-22-55(23-27-59)57-43-40-41-47(62)37(8)50-42(40)51(64)54(9,69-50)67-28-14-17-33(4)49(68-53(66)60-24-20-39(21-25-60)38-18-11-10-12-19-38)36(7)46(61)35(6)29-32(3)15-13-16-34(5)52(65)56-45(48(41)63)44(43)58-55/h10-16,18-19,28,31-33,35-36,39,46,49,61-63H,17,20-27,29-30H2,1-9H3,(H,56,65)/b15-13+,28-14+,34-16-/t32?,33-,35-,36-,46?,49?,54?/m1/s1. The summed E-state index contributed by atoms with van der Waals surface area (Å²) < 4.78 is 19.0. The van der Waals surface area contributed by atoms with E-state index in [1.54, 1.807) is 30.9 Å². The summed E-state index contributed by atoms with van der Waals surface area (Å²) in [5.41, 5.74) is 0.973. The lowest BCUT2D eigenvalue weighted by Crippen LogP contribution is -2.45. The van der Waals surface area contributed by atoms with E-state index in [1.165, 1.54) is 18.7 Å². The van der Waals surface area contributed by atoms with Crippen LogP contribution in [0.4, 0.5) is 10.5 Å².